The minimum atomic E-state index is -3.67. The Kier molecular flexibility index (Phi) is 4.57. The summed E-state index contributed by atoms with van der Waals surface area (Å²) in [5.74, 6) is -0.410. The number of nitrogens with two attached hydrogens (primary N) is 1. The second-order valence-corrected chi connectivity index (χ2v) is 5.42. The minimum absolute atomic E-state index is 0.410. The summed E-state index contributed by atoms with van der Waals surface area (Å²) >= 11 is 0. The van der Waals surface area contributed by atoms with Gasteiger partial charge in [-0.3, -0.25) is 14.3 Å². The molecule has 0 bridgehead atoms. The molecule has 1 heterocycles. The summed E-state index contributed by atoms with van der Waals surface area (Å²) in [7, 11) is -3.67. The highest BCUT2D eigenvalue weighted by Gasteiger charge is 2.01. The van der Waals surface area contributed by atoms with Gasteiger partial charge in [0.15, 0.2) is 0 Å². The quantitative estimate of drug-likeness (QED) is 0.762. The number of nitrogens with zero attached hydrogens (tertiary/aromatic N) is 1. The van der Waals surface area contributed by atoms with Crippen LogP contribution in [0.25, 0.3) is 10.9 Å². The van der Waals surface area contributed by atoms with Crippen molar-refractivity contribution in [3.63, 3.8) is 0 Å². The largest absolute Gasteiger partial charge is 0.366 e. The Morgan fingerprint density at radius 2 is 1.84 bits per heavy atom. The van der Waals surface area contributed by atoms with Crippen molar-refractivity contribution in [2.24, 2.45) is 5.73 Å². The van der Waals surface area contributed by atoms with Crippen molar-refractivity contribution in [1.82, 2.24) is 4.98 Å². The molecule has 0 unspecified atom stereocenters. The fourth-order valence-electron chi connectivity index (χ4n) is 1.38. The van der Waals surface area contributed by atoms with Gasteiger partial charge < -0.3 is 5.73 Å². The number of carbonyl (C=O) groups excluding carboxylic acids is 1. The predicted molar refractivity (Wildman–Crippen MR) is 72.5 cm³/mol. The summed E-state index contributed by atoms with van der Waals surface area (Å²) in [5.41, 5.74) is 7.54. The Hall–Kier alpha value is -1.99. The molecule has 19 heavy (non-hydrogen) atoms. The number of hydrogen-bond donors (Lipinski definition) is 2. The number of benzene rings is 1. The van der Waals surface area contributed by atoms with E-state index in [1.165, 1.54) is 0 Å². The highest BCUT2D eigenvalue weighted by Crippen LogP contribution is 2.14. The fourth-order valence-corrected chi connectivity index (χ4v) is 1.38. The fraction of sp³-hybridized carbons (Fsp3) is 0.167. The van der Waals surface area contributed by atoms with Crippen molar-refractivity contribution in [3.05, 3.63) is 41.6 Å². The summed E-state index contributed by atoms with van der Waals surface area (Å²) in [6, 6.07) is 9.10. The highest BCUT2D eigenvalue weighted by molar-refractivity contribution is 7.85. The predicted octanol–water partition coefficient (Wildman–Crippen LogP) is 1.15. The van der Waals surface area contributed by atoms with Gasteiger partial charge in [0.25, 0.3) is 10.1 Å². The average molecular weight is 282 g/mol. The van der Waals surface area contributed by atoms with Gasteiger partial charge in [-0.1, -0.05) is 6.07 Å². The van der Waals surface area contributed by atoms with Crippen LogP contribution < -0.4 is 5.73 Å². The number of aryl methyl sites for hydroxylation is 1. The molecule has 0 aliphatic rings. The van der Waals surface area contributed by atoms with Crippen LogP contribution in [0.3, 0.4) is 0 Å². The Morgan fingerprint density at radius 3 is 2.37 bits per heavy atom. The monoisotopic (exact) mass is 282 g/mol. The Labute approximate surface area is 111 Å². The summed E-state index contributed by atoms with van der Waals surface area (Å²) in [4.78, 5) is 15.2. The van der Waals surface area contributed by atoms with Crippen LogP contribution >= 0.6 is 0 Å². The van der Waals surface area contributed by atoms with Crippen LogP contribution in [0.15, 0.2) is 30.3 Å². The summed E-state index contributed by atoms with van der Waals surface area (Å²) in [5, 5.41) is 0.937. The number of amides is 1. The lowest BCUT2D eigenvalue weighted by Gasteiger charge is -2.00. The maximum atomic E-state index is 10.9. The first-order valence-corrected chi connectivity index (χ1v) is 7.11. The summed E-state index contributed by atoms with van der Waals surface area (Å²) in [6.45, 7) is 1.93. The van der Waals surface area contributed by atoms with E-state index in [0.29, 0.717) is 11.8 Å². The highest BCUT2D eigenvalue weighted by atomic mass is 32.2. The van der Waals surface area contributed by atoms with E-state index in [4.69, 9.17) is 10.3 Å². The van der Waals surface area contributed by atoms with Gasteiger partial charge in [-0.05, 0) is 31.2 Å². The van der Waals surface area contributed by atoms with Crippen LogP contribution in [-0.2, 0) is 10.1 Å². The average Bonchev–Trinajstić information content (AvgIpc) is 2.25. The zero-order chi connectivity index (χ0) is 14.6. The molecule has 1 aromatic carbocycles. The first kappa shape index (κ1) is 15.1. The van der Waals surface area contributed by atoms with E-state index in [2.05, 4.69) is 4.98 Å². The van der Waals surface area contributed by atoms with E-state index in [9.17, 15) is 13.2 Å². The Morgan fingerprint density at radius 1 is 1.26 bits per heavy atom. The zero-order valence-corrected chi connectivity index (χ0v) is 11.3. The Balaban J connectivity index is 0.000000312. The minimum Gasteiger partial charge on any atom is -0.366 e. The zero-order valence-electron chi connectivity index (χ0n) is 10.5. The van der Waals surface area contributed by atoms with Crippen molar-refractivity contribution >= 4 is 26.9 Å². The number of primary amides is 1. The number of aromatic nitrogens is 1. The third kappa shape index (κ3) is 5.45. The SMILES string of the molecule is CS(=O)(=O)O.Cc1ccc2cc(C(N)=O)ccc2n1. The third-order valence-electron chi connectivity index (χ3n) is 2.11. The second kappa shape index (κ2) is 5.77. The molecule has 3 N–H and O–H groups in total. The standard InChI is InChI=1S/C11H10N2O.CH4O3S/c1-7-2-3-8-6-9(11(12)14)4-5-10(8)13-7;1-5(2,3)4/h2-6H,1H3,(H2,12,14);1H3,(H,2,3,4). The first-order valence-electron chi connectivity index (χ1n) is 5.26. The lowest BCUT2D eigenvalue weighted by molar-refractivity contribution is 0.100. The number of fused-ring (bicyclic) bond motifs is 1. The number of pyridine rings is 1. The second-order valence-electron chi connectivity index (χ2n) is 3.96. The molecule has 0 saturated carbocycles. The van der Waals surface area contributed by atoms with Crippen molar-refractivity contribution in [2.45, 2.75) is 6.92 Å². The molecule has 0 saturated heterocycles. The van der Waals surface area contributed by atoms with Crippen LogP contribution in [0.1, 0.15) is 16.1 Å². The van der Waals surface area contributed by atoms with E-state index >= 15 is 0 Å². The van der Waals surface area contributed by atoms with Crippen molar-refractivity contribution < 1.29 is 17.8 Å². The maximum absolute atomic E-state index is 10.9. The third-order valence-corrected chi connectivity index (χ3v) is 2.11. The van der Waals surface area contributed by atoms with E-state index < -0.39 is 16.0 Å². The van der Waals surface area contributed by atoms with Crippen LogP contribution in [-0.4, -0.2) is 30.1 Å². The molecule has 0 aliphatic heterocycles. The smallest absolute Gasteiger partial charge is 0.261 e. The molecule has 102 valence electrons. The van der Waals surface area contributed by atoms with Gasteiger partial charge in [-0.25, -0.2) is 0 Å². The molecule has 0 radical (unpaired) electrons. The topological polar surface area (TPSA) is 110 Å². The van der Waals surface area contributed by atoms with Gasteiger partial charge in [0, 0.05) is 16.6 Å². The van der Waals surface area contributed by atoms with E-state index in [0.717, 1.165) is 16.6 Å². The van der Waals surface area contributed by atoms with Gasteiger partial charge in [-0.15, -0.1) is 0 Å². The van der Waals surface area contributed by atoms with Crippen LogP contribution in [0.4, 0.5) is 0 Å². The first-order chi connectivity index (χ1) is 8.66. The maximum Gasteiger partial charge on any atom is 0.261 e. The normalized spacial score (nSPS) is 10.7. The Bertz CT molecular complexity index is 703. The molecule has 7 heteroatoms. The summed E-state index contributed by atoms with van der Waals surface area (Å²) in [6.07, 6.45) is 0.715. The van der Waals surface area contributed by atoms with Crippen molar-refractivity contribution in [2.75, 3.05) is 6.26 Å². The summed E-state index contributed by atoms with van der Waals surface area (Å²) < 4.78 is 25.9. The van der Waals surface area contributed by atoms with Crippen LogP contribution in [0.5, 0.6) is 0 Å². The van der Waals surface area contributed by atoms with Crippen molar-refractivity contribution in [3.8, 4) is 0 Å². The van der Waals surface area contributed by atoms with Gasteiger partial charge in [0.05, 0.1) is 11.8 Å². The van der Waals surface area contributed by atoms with Gasteiger partial charge >= 0.3 is 0 Å². The molecule has 1 aromatic heterocycles. The lowest BCUT2D eigenvalue weighted by Crippen LogP contribution is -2.10. The number of carbonyl (C=O) groups is 1. The van der Waals surface area contributed by atoms with Gasteiger partial charge in [0.2, 0.25) is 5.91 Å². The number of hydrogen-bond acceptors (Lipinski definition) is 4. The molecular formula is C12H14N2O4S. The molecule has 0 aliphatic carbocycles. The van der Waals surface area contributed by atoms with E-state index in [1.807, 2.05) is 25.1 Å². The molecular weight excluding hydrogens is 268 g/mol. The van der Waals surface area contributed by atoms with Crippen molar-refractivity contribution in [1.29, 1.82) is 0 Å². The molecule has 6 nitrogen and oxygen atoms in total. The molecule has 2 rings (SSSR count). The van der Waals surface area contributed by atoms with Gasteiger partial charge in [-0.2, -0.15) is 8.42 Å². The van der Waals surface area contributed by atoms with E-state index in [1.54, 1.807) is 12.1 Å². The van der Waals surface area contributed by atoms with E-state index in [-0.39, 0.29) is 0 Å². The molecule has 0 fully saturated rings. The van der Waals surface area contributed by atoms with Gasteiger partial charge in [0.1, 0.15) is 0 Å². The van der Waals surface area contributed by atoms with Crippen LogP contribution in [0.2, 0.25) is 0 Å². The van der Waals surface area contributed by atoms with Crippen LogP contribution in [0, 0.1) is 6.92 Å². The molecule has 0 atom stereocenters. The lowest BCUT2D eigenvalue weighted by atomic mass is 10.1. The molecule has 0 spiro atoms. The molecule has 1 amide bonds. The molecule has 2 aromatic rings. The number of rotatable bonds is 1.